The second-order valence-electron chi connectivity index (χ2n) is 4.46. The number of carboxylic acids is 1. The number of carbonyl (C=O) groups excluding carboxylic acids is 1. The molecule has 116 valence electrons. The average Bonchev–Trinajstić information content (AvgIpc) is 2.43. The van der Waals surface area contributed by atoms with Gasteiger partial charge >= 0.3 is 5.97 Å². The van der Waals surface area contributed by atoms with Gasteiger partial charge in [-0.3, -0.25) is 9.59 Å². The van der Waals surface area contributed by atoms with E-state index < -0.39 is 24.2 Å². The predicted octanol–water partition coefficient (Wildman–Crippen LogP) is 3.33. The molecule has 0 saturated carbocycles. The summed E-state index contributed by atoms with van der Waals surface area (Å²) < 4.78 is 25.1. The second kappa shape index (κ2) is 7.97. The summed E-state index contributed by atoms with van der Waals surface area (Å²) in [5, 5.41) is 8.92. The highest BCUT2D eigenvalue weighted by Crippen LogP contribution is 2.29. The first kappa shape index (κ1) is 17.4. The van der Waals surface area contributed by atoms with E-state index in [4.69, 9.17) is 5.11 Å². The minimum Gasteiger partial charge on any atom is -0.480 e. The van der Waals surface area contributed by atoms with Crippen LogP contribution in [-0.4, -0.2) is 40.2 Å². The van der Waals surface area contributed by atoms with Gasteiger partial charge in [0.1, 0.15) is 6.54 Å². The van der Waals surface area contributed by atoms with E-state index in [1.165, 1.54) is 17.0 Å². The second-order valence-corrected chi connectivity index (χ2v) is 5.49. The number of carbonyl (C=O) groups is 2. The van der Waals surface area contributed by atoms with Crippen LogP contribution in [0.2, 0.25) is 0 Å². The fourth-order valence-corrected chi connectivity index (χ4v) is 2.42. The summed E-state index contributed by atoms with van der Waals surface area (Å²) in [5.74, 6) is -4.33. The Balaban J connectivity index is 3.11. The van der Waals surface area contributed by atoms with E-state index in [0.717, 1.165) is 0 Å². The monoisotopic (exact) mass is 317 g/mol. The quantitative estimate of drug-likeness (QED) is 0.784. The van der Waals surface area contributed by atoms with E-state index in [9.17, 15) is 18.4 Å². The van der Waals surface area contributed by atoms with Gasteiger partial charge in [0, 0.05) is 10.9 Å². The third-order valence-electron chi connectivity index (χ3n) is 3.02. The number of aliphatic carboxylic acids is 1. The van der Waals surface area contributed by atoms with Crippen molar-refractivity contribution in [3.63, 3.8) is 0 Å². The molecule has 7 heteroatoms. The Labute approximate surface area is 126 Å². The first-order valence-electron chi connectivity index (χ1n) is 6.43. The molecule has 0 radical (unpaired) electrons. The van der Waals surface area contributed by atoms with Crippen LogP contribution < -0.4 is 0 Å². The first-order valence-corrected chi connectivity index (χ1v) is 7.31. The van der Waals surface area contributed by atoms with Crippen molar-refractivity contribution in [3.05, 3.63) is 29.8 Å². The van der Waals surface area contributed by atoms with Crippen LogP contribution in [0.25, 0.3) is 0 Å². The molecule has 4 nitrogen and oxygen atoms in total. The number of hydrogen-bond acceptors (Lipinski definition) is 3. The zero-order chi connectivity index (χ0) is 16.0. The standard InChI is InChI=1S/C14H17F2NO3S/c1-3-9(2)17(8-12(18)19)13(20)10-6-4-5-7-11(10)21-14(15)16/h4-7,9,14H,3,8H2,1-2H3,(H,18,19). The third kappa shape index (κ3) is 5.00. The number of hydrogen-bond donors (Lipinski definition) is 1. The summed E-state index contributed by atoms with van der Waals surface area (Å²) in [5.41, 5.74) is 0.101. The normalized spacial score (nSPS) is 12.2. The van der Waals surface area contributed by atoms with Crippen LogP contribution in [0.1, 0.15) is 30.6 Å². The molecule has 0 heterocycles. The SMILES string of the molecule is CCC(C)N(CC(=O)O)C(=O)c1ccccc1SC(F)F. The highest BCUT2D eigenvalue weighted by atomic mass is 32.2. The highest BCUT2D eigenvalue weighted by molar-refractivity contribution is 7.99. The number of amides is 1. The number of halogens is 2. The van der Waals surface area contributed by atoms with E-state index >= 15 is 0 Å². The molecule has 21 heavy (non-hydrogen) atoms. The van der Waals surface area contributed by atoms with Crippen LogP contribution in [0.3, 0.4) is 0 Å². The Hall–Kier alpha value is -1.63. The molecule has 1 unspecified atom stereocenters. The third-order valence-corrected chi connectivity index (χ3v) is 3.81. The molecule has 1 atom stereocenters. The topological polar surface area (TPSA) is 57.6 Å². The molecule has 0 aliphatic carbocycles. The lowest BCUT2D eigenvalue weighted by atomic mass is 10.1. The van der Waals surface area contributed by atoms with Crippen molar-refractivity contribution in [1.82, 2.24) is 4.90 Å². The summed E-state index contributed by atoms with van der Waals surface area (Å²) >= 11 is 0.281. The summed E-state index contributed by atoms with van der Waals surface area (Å²) in [6.45, 7) is 3.10. The molecule has 0 saturated heterocycles. The van der Waals surface area contributed by atoms with E-state index in [1.54, 1.807) is 19.1 Å². The van der Waals surface area contributed by atoms with Crippen molar-refractivity contribution in [2.45, 2.75) is 37.0 Å². The summed E-state index contributed by atoms with van der Waals surface area (Å²) in [6.07, 6.45) is 0.573. The number of rotatable bonds is 7. The molecule has 0 bridgehead atoms. The van der Waals surface area contributed by atoms with Crippen LogP contribution in [0.4, 0.5) is 8.78 Å². The van der Waals surface area contributed by atoms with Gasteiger partial charge in [0.25, 0.3) is 11.7 Å². The Kier molecular flexibility index (Phi) is 6.61. The Bertz CT molecular complexity index is 511. The van der Waals surface area contributed by atoms with Gasteiger partial charge in [-0.05, 0) is 25.5 Å². The molecule has 1 N–H and O–H groups in total. The van der Waals surface area contributed by atoms with Crippen molar-refractivity contribution < 1.29 is 23.5 Å². The number of alkyl halides is 2. The van der Waals surface area contributed by atoms with E-state index in [2.05, 4.69) is 0 Å². The molecular formula is C14H17F2NO3S. The van der Waals surface area contributed by atoms with Crippen LogP contribution in [-0.2, 0) is 4.79 Å². The highest BCUT2D eigenvalue weighted by Gasteiger charge is 2.25. The molecule has 0 aromatic heterocycles. The maximum Gasteiger partial charge on any atom is 0.323 e. The van der Waals surface area contributed by atoms with Crippen LogP contribution in [0.15, 0.2) is 29.2 Å². The zero-order valence-corrected chi connectivity index (χ0v) is 12.6. The van der Waals surface area contributed by atoms with E-state index in [-0.39, 0.29) is 28.3 Å². The fraction of sp³-hybridized carbons (Fsp3) is 0.429. The number of carboxylic acid groups (broad SMARTS) is 1. The maximum atomic E-state index is 12.5. The van der Waals surface area contributed by atoms with Gasteiger partial charge in [0.15, 0.2) is 0 Å². The predicted molar refractivity (Wildman–Crippen MR) is 76.7 cm³/mol. The first-order chi connectivity index (χ1) is 9.86. The lowest BCUT2D eigenvalue weighted by molar-refractivity contribution is -0.138. The van der Waals surface area contributed by atoms with Crippen molar-refractivity contribution in [2.24, 2.45) is 0 Å². The molecular weight excluding hydrogens is 300 g/mol. The lowest BCUT2D eigenvalue weighted by Gasteiger charge is -2.27. The zero-order valence-electron chi connectivity index (χ0n) is 11.8. The molecule has 1 rings (SSSR count). The van der Waals surface area contributed by atoms with Gasteiger partial charge in [-0.25, -0.2) is 0 Å². The van der Waals surface area contributed by atoms with Gasteiger partial charge < -0.3 is 10.0 Å². The van der Waals surface area contributed by atoms with Gasteiger partial charge in [0.2, 0.25) is 0 Å². The number of thioether (sulfide) groups is 1. The Morgan fingerprint density at radius 2 is 1.95 bits per heavy atom. The lowest BCUT2D eigenvalue weighted by Crippen LogP contribution is -2.42. The van der Waals surface area contributed by atoms with E-state index in [0.29, 0.717) is 6.42 Å². The molecule has 0 spiro atoms. The summed E-state index contributed by atoms with van der Waals surface area (Å²) in [7, 11) is 0. The number of benzene rings is 1. The molecule has 0 aliphatic rings. The van der Waals surface area contributed by atoms with Crippen LogP contribution in [0, 0.1) is 0 Å². The molecule has 1 amide bonds. The van der Waals surface area contributed by atoms with Gasteiger partial charge in [-0.1, -0.05) is 30.8 Å². The van der Waals surface area contributed by atoms with Crippen molar-refractivity contribution in [3.8, 4) is 0 Å². The van der Waals surface area contributed by atoms with Gasteiger partial charge in [-0.2, -0.15) is 8.78 Å². The molecule has 1 aromatic rings. The van der Waals surface area contributed by atoms with Gasteiger partial charge in [0.05, 0.1) is 5.56 Å². The summed E-state index contributed by atoms with van der Waals surface area (Å²) in [6, 6.07) is 5.70. The van der Waals surface area contributed by atoms with Crippen molar-refractivity contribution >= 4 is 23.6 Å². The minimum atomic E-state index is -2.64. The molecule has 0 fully saturated rings. The average molecular weight is 317 g/mol. The Morgan fingerprint density at radius 1 is 1.33 bits per heavy atom. The van der Waals surface area contributed by atoms with Gasteiger partial charge in [-0.15, -0.1) is 0 Å². The fourth-order valence-electron chi connectivity index (χ4n) is 1.79. The smallest absolute Gasteiger partial charge is 0.323 e. The van der Waals surface area contributed by atoms with Crippen LogP contribution in [0.5, 0.6) is 0 Å². The Morgan fingerprint density at radius 3 is 2.48 bits per heavy atom. The minimum absolute atomic E-state index is 0.101. The largest absolute Gasteiger partial charge is 0.480 e. The summed E-state index contributed by atoms with van der Waals surface area (Å²) in [4.78, 5) is 24.7. The molecule has 0 aliphatic heterocycles. The van der Waals surface area contributed by atoms with Crippen molar-refractivity contribution in [1.29, 1.82) is 0 Å². The van der Waals surface area contributed by atoms with Crippen molar-refractivity contribution in [2.75, 3.05) is 6.54 Å². The van der Waals surface area contributed by atoms with E-state index in [1.807, 2.05) is 6.92 Å². The molecule has 1 aromatic carbocycles. The maximum absolute atomic E-state index is 12.5. The van der Waals surface area contributed by atoms with Crippen LogP contribution >= 0.6 is 11.8 Å². The number of nitrogens with zero attached hydrogens (tertiary/aromatic N) is 1.